The van der Waals surface area contributed by atoms with Crippen molar-refractivity contribution < 1.29 is 31.1 Å². The SMILES string of the molecule is CC1(C)CC2CCCNc3ccc(cn3)S(=O)(=O)NC(=O)c3ccc(-n4ccc(OCCC5(C(F)(F)F)CC5)n4)nc3N1C2. The Morgan fingerprint density at radius 2 is 1.93 bits per heavy atom. The number of hydrogen-bond acceptors (Lipinski definition) is 9. The first-order valence-corrected chi connectivity index (χ1v) is 16.1. The highest BCUT2D eigenvalue weighted by molar-refractivity contribution is 7.90. The number of anilines is 2. The predicted octanol–water partition coefficient (Wildman–Crippen LogP) is 4.70. The van der Waals surface area contributed by atoms with Gasteiger partial charge in [0.2, 0.25) is 5.88 Å². The van der Waals surface area contributed by atoms with Crippen LogP contribution >= 0.6 is 0 Å². The van der Waals surface area contributed by atoms with Crippen LogP contribution in [0, 0.1) is 11.3 Å². The topological polar surface area (TPSA) is 131 Å². The predicted molar refractivity (Wildman–Crippen MR) is 155 cm³/mol. The zero-order valence-electron chi connectivity index (χ0n) is 24.4. The van der Waals surface area contributed by atoms with Crippen molar-refractivity contribution in [2.24, 2.45) is 11.3 Å². The van der Waals surface area contributed by atoms with Crippen LogP contribution in [0.25, 0.3) is 5.82 Å². The lowest BCUT2D eigenvalue weighted by molar-refractivity contribution is -0.190. The first-order valence-electron chi connectivity index (χ1n) is 14.6. The van der Waals surface area contributed by atoms with E-state index in [1.54, 1.807) is 12.3 Å². The average molecular weight is 634 g/mol. The summed E-state index contributed by atoms with van der Waals surface area (Å²) in [7, 11) is -4.23. The van der Waals surface area contributed by atoms with Gasteiger partial charge in [0.05, 0.1) is 17.6 Å². The van der Waals surface area contributed by atoms with Crippen LogP contribution in [0.2, 0.25) is 0 Å². The van der Waals surface area contributed by atoms with Crippen LogP contribution in [-0.4, -0.2) is 65.5 Å². The molecule has 7 rings (SSSR count). The van der Waals surface area contributed by atoms with Gasteiger partial charge < -0.3 is 15.0 Å². The van der Waals surface area contributed by atoms with Crippen LogP contribution in [-0.2, 0) is 10.0 Å². The van der Waals surface area contributed by atoms with Crippen molar-refractivity contribution in [3.05, 3.63) is 48.3 Å². The number of pyridine rings is 2. The second-order valence-electron chi connectivity index (χ2n) is 12.4. The number of carbonyl (C=O) groups excluding carboxylic acids is 1. The second kappa shape index (κ2) is 10.9. The lowest BCUT2D eigenvalue weighted by atomic mass is 9.93. The van der Waals surface area contributed by atoms with Crippen molar-refractivity contribution in [2.75, 3.05) is 29.9 Å². The molecule has 2 fully saturated rings. The largest absolute Gasteiger partial charge is 0.477 e. The third kappa shape index (κ3) is 5.93. The molecule has 4 bridgehead atoms. The molecule has 3 aromatic heterocycles. The van der Waals surface area contributed by atoms with E-state index in [-0.39, 0.29) is 42.2 Å². The Hall–Kier alpha value is -3.88. The number of ether oxygens (including phenoxy) is 1. The van der Waals surface area contributed by atoms with Gasteiger partial charge in [-0.3, -0.25) is 4.79 Å². The van der Waals surface area contributed by atoms with Crippen LogP contribution in [0.4, 0.5) is 24.8 Å². The number of carbonyl (C=O) groups is 1. The number of nitrogens with one attached hydrogen (secondary N) is 2. The fourth-order valence-electron chi connectivity index (χ4n) is 6.08. The van der Waals surface area contributed by atoms with Gasteiger partial charge in [0, 0.05) is 37.1 Å². The summed E-state index contributed by atoms with van der Waals surface area (Å²) < 4.78 is 75.1. The molecule has 1 saturated heterocycles. The molecule has 15 heteroatoms. The number of rotatable bonds is 5. The first kappa shape index (κ1) is 30.2. The third-order valence-electron chi connectivity index (χ3n) is 8.77. The number of amides is 1. The fraction of sp³-hybridized carbons (Fsp3) is 0.517. The Morgan fingerprint density at radius 3 is 2.64 bits per heavy atom. The van der Waals surface area contributed by atoms with Crippen LogP contribution in [0.3, 0.4) is 0 Å². The number of fused-ring (bicyclic) bond motifs is 7. The smallest absolute Gasteiger partial charge is 0.394 e. The molecule has 1 saturated carbocycles. The maximum atomic E-state index is 13.5. The van der Waals surface area contributed by atoms with Crippen molar-refractivity contribution in [3.63, 3.8) is 0 Å². The van der Waals surface area contributed by atoms with Crippen molar-refractivity contribution >= 4 is 27.6 Å². The fourth-order valence-corrected chi connectivity index (χ4v) is 6.99. The van der Waals surface area contributed by atoms with Gasteiger partial charge in [-0.05, 0) is 82.6 Å². The quantitative estimate of drug-likeness (QED) is 0.410. The molecular weight excluding hydrogens is 599 g/mol. The lowest BCUT2D eigenvalue weighted by Crippen LogP contribution is -2.41. The monoisotopic (exact) mass is 633 g/mol. The molecule has 1 atom stereocenters. The minimum atomic E-state index is -4.25. The zero-order valence-corrected chi connectivity index (χ0v) is 25.2. The molecule has 4 aliphatic rings. The number of alkyl halides is 3. The number of halogens is 3. The van der Waals surface area contributed by atoms with E-state index in [0.29, 0.717) is 36.5 Å². The summed E-state index contributed by atoms with van der Waals surface area (Å²) in [5.41, 5.74) is -1.98. The minimum absolute atomic E-state index is 0.0786. The van der Waals surface area contributed by atoms with E-state index in [9.17, 15) is 26.4 Å². The molecule has 1 aliphatic carbocycles. The molecule has 11 nitrogen and oxygen atoms in total. The van der Waals surface area contributed by atoms with E-state index in [1.807, 2.05) is 4.90 Å². The zero-order chi connectivity index (χ0) is 31.3. The van der Waals surface area contributed by atoms with E-state index in [0.717, 1.165) is 19.3 Å². The number of aromatic nitrogens is 4. The van der Waals surface area contributed by atoms with E-state index in [1.165, 1.54) is 35.1 Å². The maximum Gasteiger partial charge on any atom is 0.394 e. The summed E-state index contributed by atoms with van der Waals surface area (Å²) in [5, 5.41) is 7.56. The maximum absolute atomic E-state index is 13.5. The van der Waals surface area contributed by atoms with Gasteiger partial charge in [0.1, 0.15) is 16.5 Å². The van der Waals surface area contributed by atoms with E-state index in [2.05, 4.69) is 34.0 Å². The second-order valence-corrected chi connectivity index (χ2v) is 14.1. The minimum Gasteiger partial charge on any atom is -0.477 e. The van der Waals surface area contributed by atoms with Crippen LogP contribution in [0.1, 0.15) is 62.7 Å². The molecule has 0 radical (unpaired) electrons. The van der Waals surface area contributed by atoms with E-state index in [4.69, 9.17) is 9.72 Å². The molecule has 3 aliphatic heterocycles. The van der Waals surface area contributed by atoms with Crippen molar-refractivity contribution in [1.29, 1.82) is 0 Å². The van der Waals surface area contributed by atoms with E-state index >= 15 is 0 Å². The standard InChI is InChI=1S/C29H34F3N7O4S/c1-27(2)16-19-4-3-13-33-22-7-5-20(17-34-22)44(41,42)37-26(40)21-6-8-23(35-25(21)38(27)18-19)39-14-9-24(36-39)43-15-12-28(10-11-28)29(30,31)32/h5-9,14,17,19H,3-4,10-13,15-16,18H2,1-2H3,(H,33,34)(H,37,40). The highest BCUT2D eigenvalue weighted by Crippen LogP contribution is 2.59. The lowest BCUT2D eigenvalue weighted by Gasteiger charge is -2.34. The van der Waals surface area contributed by atoms with Gasteiger partial charge >= 0.3 is 6.18 Å². The van der Waals surface area contributed by atoms with Crippen LogP contribution in [0.15, 0.2) is 47.6 Å². The normalized spacial score (nSPS) is 22.2. The molecule has 236 valence electrons. The first-order chi connectivity index (χ1) is 20.8. The van der Waals surface area contributed by atoms with Crippen LogP contribution in [0.5, 0.6) is 5.88 Å². The Morgan fingerprint density at radius 1 is 1.14 bits per heavy atom. The van der Waals surface area contributed by atoms with E-state index < -0.39 is 33.1 Å². The summed E-state index contributed by atoms with van der Waals surface area (Å²) in [6.45, 7) is 5.27. The Labute approximate surface area is 253 Å². The molecule has 44 heavy (non-hydrogen) atoms. The van der Waals surface area contributed by atoms with Gasteiger partial charge in [0.25, 0.3) is 15.9 Å². The molecular formula is C29H34F3N7O4S. The Kier molecular flexibility index (Phi) is 7.49. The number of nitrogens with zero attached hydrogens (tertiary/aromatic N) is 5. The molecule has 0 spiro atoms. The van der Waals surface area contributed by atoms with Crippen LogP contribution < -0.4 is 19.7 Å². The van der Waals surface area contributed by atoms with Crippen molar-refractivity contribution in [1.82, 2.24) is 24.5 Å². The molecule has 1 amide bonds. The van der Waals surface area contributed by atoms with Crippen molar-refractivity contribution in [3.8, 4) is 11.7 Å². The summed E-state index contributed by atoms with van der Waals surface area (Å²) in [6, 6.07) is 7.53. The Bertz CT molecular complexity index is 1650. The van der Waals surface area contributed by atoms with Gasteiger partial charge in [-0.1, -0.05) is 0 Å². The van der Waals surface area contributed by atoms with Gasteiger partial charge in [-0.15, -0.1) is 5.10 Å². The Balaban J connectivity index is 1.30. The summed E-state index contributed by atoms with van der Waals surface area (Å²) in [4.78, 5) is 24.4. The third-order valence-corrected chi connectivity index (χ3v) is 10.1. The number of hydrogen-bond donors (Lipinski definition) is 2. The highest BCUT2D eigenvalue weighted by atomic mass is 32.2. The average Bonchev–Trinajstić information content (AvgIpc) is 3.51. The van der Waals surface area contributed by atoms with Crippen molar-refractivity contribution in [2.45, 2.75) is 69.0 Å². The van der Waals surface area contributed by atoms with Gasteiger partial charge in [-0.25, -0.2) is 27.8 Å². The molecule has 2 N–H and O–H groups in total. The summed E-state index contributed by atoms with van der Waals surface area (Å²) in [6.07, 6.45) is 1.23. The van der Waals surface area contributed by atoms with Gasteiger partial charge in [-0.2, -0.15) is 13.2 Å². The number of sulfonamides is 1. The molecule has 3 aromatic rings. The van der Waals surface area contributed by atoms with Gasteiger partial charge in [0.15, 0.2) is 5.82 Å². The summed E-state index contributed by atoms with van der Waals surface area (Å²) in [5.74, 6) is 0.807. The molecule has 1 unspecified atom stereocenters. The highest BCUT2D eigenvalue weighted by Gasteiger charge is 2.62. The molecule has 0 aromatic carbocycles. The summed E-state index contributed by atoms with van der Waals surface area (Å²) >= 11 is 0. The molecule has 6 heterocycles.